The highest BCUT2D eigenvalue weighted by Crippen LogP contribution is 2.26. The Balaban J connectivity index is 2.47. The maximum Gasteiger partial charge on any atom is 0.265 e. The van der Waals surface area contributed by atoms with E-state index in [-0.39, 0.29) is 12.3 Å². The van der Waals surface area contributed by atoms with Gasteiger partial charge in [-0.25, -0.2) is 8.78 Å². The molecule has 0 aromatic heterocycles. The number of phenols is 1. The zero-order valence-corrected chi connectivity index (χ0v) is 9.36. The average molecular weight is 247 g/mol. The van der Waals surface area contributed by atoms with Crippen molar-refractivity contribution in [2.45, 2.75) is 19.1 Å². The fourth-order valence-corrected chi connectivity index (χ4v) is 1.29. The zero-order chi connectivity index (χ0) is 12.8. The minimum atomic E-state index is -2.75. The van der Waals surface area contributed by atoms with Crippen LogP contribution in [0.5, 0.6) is 11.5 Å². The van der Waals surface area contributed by atoms with Crippen LogP contribution < -0.4 is 10.1 Å². The number of halogens is 2. The van der Waals surface area contributed by atoms with Gasteiger partial charge >= 0.3 is 0 Å². The summed E-state index contributed by atoms with van der Waals surface area (Å²) in [5.41, 5.74) is 0.765. The van der Waals surface area contributed by atoms with Gasteiger partial charge in [-0.3, -0.25) is 0 Å². The van der Waals surface area contributed by atoms with Crippen molar-refractivity contribution in [1.82, 2.24) is 5.32 Å². The molecule has 0 aliphatic carbocycles. The van der Waals surface area contributed by atoms with Crippen LogP contribution in [0, 0.1) is 0 Å². The molecule has 0 aliphatic rings. The summed E-state index contributed by atoms with van der Waals surface area (Å²) >= 11 is 0. The minimum Gasteiger partial charge on any atom is -0.504 e. The second-order valence-corrected chi connectivity index (χ2v) is 3.54. The van der Waals surface area contributed by atoms with Crippen molar-refractivity contribution in [2.24, 2.45) is 0 Å². The second kappa shape index (κ2) is 6.36. The lowest BCUT2D eigenvalue weighted by Gasteiger charge is -2.11. The largest absolute Gasteiger partial charge is 0.504 e. The molecule has 1 aromatic rings. The minimum absolute atomic E-state index is 0.0175. The van der Waals surface area contributed by atoms with E-state index in [0.29, 0.717) is 12.3 Å². The highest BCUT2D eigenvalue weighted by molar-refractivity contribution is 5.41. The van der Waals surface area contributed by atoms with Gasteiger partial charge in [0, 0.05) is 13.1 Å². The molecule has 0 amide bonds. The number of benzene rings is 1. The number of methoxy groups -OCH3 is 1. The van der Waals surface area contributed by atoms with Gasteiger partial charge in [-0.1, -0.05) is 6.07 Å². The molecule has 17 heavy (non-hydrogen) atoms. The molecular formula is C11H15F2NO3. The number of phenolic OH excluding ortho intramolecular Hbond substituents is 1. The molecule has 1 aromatic carbocycles. The zero-order valence-electron chi connectivity index (χ0n) is 9.36. The first-order valence-corrected chi connectivity index (χ1v) is 5.07. The predicted molar refractivity (Wildman–Crippen MR) is 58.4 cm³/mol. The van der Waals surface area contributed by atoms with Gasteiger partial charge in [-0.15, -0.1) is 0 Å². The van der Waals surface area contributed by atoms with E-state index in [1.165, 1.54) is 13.2 Å². The Morgan fingerprint density at radius 3 is 2.71 bits per heavy atom. The van der Waals surface area contributed by atoms with Gasteiger partial charge in [0.25, 0.3) is 6.43 Å². The molecule has 0 radical (unpaired) electrons. The van der Waals surface area contributed by atoms with E-state index in [1.807, 2.05) is 0 Å². The number of hydrogen-bond donors (Lipinski definition) is 3. The van der Waals surface area contributed by atoms with Crippen molar-refractivity contribution < 1.29 is 23.7 Å². The van der Waals surface area contributed by atoms with Crippen LogP contribution in [0.15, 0.2) is 18.2 Å². The average Bonchev–Trinajstić information content (AvgIpc) is 2.31. The predicted octanol–water partition coefficient (Wildman–Crippen LogP) is 1.12. The molecule has 4 nitrogen and oxygen atoms in total. The van der Waals surface area contributed by atoms with Crippen LogP contribution in [0.3, 0.4) is 0 Å². The van der Waals surface area contributed by atoms with Crippen LogP contribution >= 0.6 is 0 Å². The molecule has 1 rings (SSSR count). The van der Waals surface area contributed by atoms with Crippen LogP contribution in [0.25, 0.3) is 0 Å². The first kappa shape index (κ1) is 13.7. The second-order valence-electron chi connectivity index (χ2n) is 3.54. The van der Waals surface area contributed by atoms with E-state index in [9.17, 15) is 13.9 Å². The van der Waals surface area contributed by atoms with E-state index in [1.54, 1.807) is 12.1 Å². The normalized spacial score (nSPS) is 12.8. The van der Waals surface area contributed by atoms with Gasteiger partial charge in [-0.05, 0) is 17.7 Å². The quantitative estimate of drug-likeness (QED) is 0.705. The van der Waals surface area contributed by atoms with Crippen molar-refractivity contribution in [3.05, 3.63) is 23.8 Å². The number of aliphatic hydroxyl groups excluding tert-OH is 1. The number of nitrogens with one attached hydrogen (secondary N) is 1. The Kier molecular flexibility index (Phi) is 5.11. The Labute approximate surface area is 97.8 Å². The van der Waals surface area contributed by atoms with E-state index in [2.05, 4.69) is 5.32 Å². The first-order valence-electron chi connectivity index (χ1n) is 5.07. The lowest BCUT2D eigenvalue weighted by atomic mass is 10.2. The number of alkyl halides is 2. The molecule has 0 saturated heterocycles. The van der Waals surface area contributed by atoms with Crippen molar-refractivity contribution in [3.8, 4) is 11.5 Å². The lowest BCUT2D eigenvalue weighted by molar-refractivity contribution is -0.00340. The monoisotopic (exact) mass is 247 g/mol. The highest BCUT2D eigenvalue weighted by Gasteiger charge is 2.15. The standard InChI is InChI=1S/C11H15F2NO3/c1-17-10-4-7(2-3-8(10)15)5-14-6-9(16)11(12)13/h2-4,9,11,14-16H,5-6H2,1H3. The number of ether oxygens (including phenoxy) is 1. The Bertz CT molecular complexity index is 361. The summed E-state index contributed by atoms with van der Waals surface area (Å²) in [5.74, 6) is 0.336. The Morgan fingerprint density at radius 2 is 2.12 bits per heavy atom. The maximum atomic E-state index is 12.0. The van der Waals surface area contributed by atoms with Crippen LogP contribution in [0.2, 0.25) is 0 Å². The highest BCUT2D eigenvalue weighted by atomic mass is 19.3. The van der Waals surface area contributed by atoms with Gasteiger partial charge in [0.2, 0.25) is 0 Å². The molecular weight excluding hydrogens is 232 g/mol. The Morgan fingerprint density at radius 1 is 1.41 bits per heavy atom. The Hall–Kier alpha value is -1.40. The fraction of sp³-hybridized carbons (Fsp3) is 0.455. The molecule has 3 N–H and O–H groups in total. The summed E-state index contributed by atoms with van der Waals surface area (Å²) in [6.07, 6.45) is -4.43. The molecule has 0 spiro atoms. The number of aliphatic hydroxyl groups is 1. The van der Waals surface area contributed by atoms with Gasteiger partial charge in [0.1, 0.15) is 6.10 Å². The summed E-state index contributed by atoms with van der Waals surface area (Å²) < 4.78 is 28.9. The number of rotatable bonds is 6. The molecule has 0 aliphatic heterocycles. The van der Waals surface area contributed by atoms with Crippen LogP contribution in [0.4, 0.5) is 8.78 Å². The van der Waals surface area contributed by atoms with Crippen LogP contribution in [-0.4, -0.2) is 36.4 Å². The molecule has 1 atom stereocenters. The summed E-state index contributed by atoms with van der Waals surface area (Å²) in [6, 6.07) is 4.69. The maximum absolute atomic E-state index is 12.0. The van der Waals surface area contributed by atoms with Crippen molar-refractivity contribution >= 4 is 0 Å². The summed E-state index contributed by atoms with van der Waals surface area (Å²) in [4.78, 5) is 0. The van der Waals surface area contributed by atoms with Crippen LogP contribution in [-0.2, 0) is 6.54 Å². The van der Waals surface area contributed by atoms with Gasteiger partial charge in [0.15, 0.2) is 11.5 Å². The third-order valence-electron chi connectivity index (χ3n) is 2.22. The molecule has 96 valence electrons. The third-order valence-corrected chi connectivity index (χ3v) is 2.22. The van der Waals surface area contributed by atoms with Gasteiger partial charge in [-0.2, -0.15) is 0 Å². The molecule has 0 bridgehead atoms. The van der Waals surface area contributed by atoms with Crippen molar-refractivity contribution in [2.75, 3.05) is 13.7 Å². The fourth-order valence-electron chi connectivity index (χ4n) is 1.29. The first-order chi connectivity index (χ1) is 8.04. The lowest BCUT2D eigenvalue weighted by Crippen LogP contribution is -2.31. The summed E-state index contributed by atoms with van der Waals surface area (Å²) in [6.45, 7) is 0.112. The molecule has 0 saturated carbocycles. The molecule has 1 unspecified atom stereocenters. The third kappa shape index (κ3) is 4.16. The molecule has 0 heterocycles. The molecule has 0 fully saturated rings. The summed E-state index contributed by atoms with van der Waals surface area (Å²) in [7, 11) is 1.42. The van der Waals surface area contributed by atoms with Crippen LogP contribution in [0.1, 0.15) is 5.56 Å². The van der Waals surface area contributed by atoms with E-state index < -0.39 is 12.5 Å². The number of hydrogen-bond acceptors (Lipinski definition) is 4. The van der Waals surface area contributed by atoms with Gasteiger partial charge < -0.3 is 20.3 Å². The topological polar surface area (TPSA) is 61.7 Å². The van der Waals surface area contributed by atoms with E-state index >= 15 is 0 Å². The SMILES string of the molecule is COc1cc(CNCC(O)C(F)F)ccc1O. The number of aromatic hydroxyl groups is 1. The van der Waals surface area contributed by atoms with Crippen molar-refractivity contribution in [1.29, 1.82) is 0 Å². The van der Waals surface area contributed by atoms with E-state index in [4.69, 9.17) is 9.84 Å². The van der Waals surface area contributed by atoms with Gasteiger partial charge in [0.05, 0.1) is 7.11 Å². The van der Waals surface area contributed by atoms with Crippen molar-refractivity contribution in [3.63, 3.8) is 0 Å². The molecule has 6 heteroatoms. The smallest absolute Gasteiger partial charge is 0.265 e. The van der Waals surface area contributed by atoms with E-state index in [0.717, 1.165) is 5.56 Å². The summed E-state index contributed by atoms with van der Waals surface area (Å²) in [5, 5.41) is 20.9.